The van der Waals surface area contributed by atoms with Crippen LogP contribution in [0.4, 0.5) is 5.69 Å². The van der Waals surface area contributed by atoms with Gasteiger partial charge < -0.3 is 19.9 Å². The number of carbonyl (C=O) groups excluding carboxylic acids is 1. The molecule has 0 spiro atoms. The van der Waals surface area contributed by atoms with Crippen molar-refractivity contribution in [2.24, 2.45) is 0 Å². The number of fused-ring (bicyclic) bond motifs is 1. The summed E-state index contributed by atoms with van der Waals surface area (Å²) in [4.78, 5) is 26.1. The van der Waals surface area contributed by atoms with Gasteiger partial charge in [-0.2, -0.15) is 0 Å². The maximum Gasteiger partial charge on any atom is 0.335 e. The molecule has 0 unspecified atom stereocenters. The van der Waals surface area contributed by atoms with Gasteiger partial charge in [0.05, 0.1) is 5.56 Å². The average Bonchev–Trinajstić information content (AvgIpc) is 3.21. The third-order valence-corrected chi connectivity index (χ3v) is 6.27. The molecular formula is C29H31N3O3. The van der Waals surface area contributed by atoms with Crippen molar-refractivity contribution >= 4 is 28.5 Å². The van der Waals surface area contributed by atoms with Crippen LogP contribution in [0.5, 0.6) is 0 Å². The number of carboxylic acid groups (broad SMARTS) is 1. The van der Waals surface area contributed by atoms with E-state index in [0.717, 1.165) is 52.7 Å². The van der Waals surface area contributed by atoms with Crippen LogP contribution in [-0.2, 0) is 6.54 Å². The number of rotatable bonds is 9. The first-order valence-electron chi connectivity index (χ1n) is 11.8. The van der Waals surface area contributed by atoms with E-state index in [1.54, 1.807) is 12.1 Å². The quantitative estimate of drug-likeness (QED) is 0.313. The fourth-order valence-corrected chi connectivity index (χ4v) is 4.47. The average molecular weight is 470 g/mol. The Morgan fingerprint density at radius 2 is 1.69 bits per heavy atom. The van der Waals surface area contributed by atoms with Crippen molar-refractivity contribution in [2.45, 2.75) is 26.3 Å². The van der Waals surface area contributed by atoms with Crippen LogP contribution in [0.2, 0.25) is 0 Å². The molecule has 6 nitrogen and oxygen atoms in total. The van der Waals surface area contributed by atoms with Gasteiger partial charge in [-0.1, -0.05) is 36.4 Å². The number of amides is 1. The lowest BCUT2D eigenvalue weighted by Gasteiger charge is -2.16. The molecule has 4 rings (SSSR count). The van der Waals surface area contributed by atoms with Gasteiger partial charge in [0.1, 0.15) is 0 Å². The molecule has 0 aliphatic heterocycles. The van der Waals surface area contributed by atoms with Crippen LogP contribution in [0.1, 0.15) is 39.1 Å². The van der Waals surface area contributed by atoms with E-state index in [0.29, 0.717) is 12.1 Å². The van der Waals surface area contributed by atoms with Crippen molar-refractivity contribution < 1.29 is 14.7 Å². The van der Waals surface area contributed by atoms with Gasteiger partial charge in [-0.05, 0) is 61.2 Å². The van der Waals surface area contributed by atoms with Gasteiger partial charge in [-0.25, -0.2) is 4.79 Å². The molecule has 0 saturated carbocycles. The van der Waals surface area contributed by atoms with Gasteiger partial charge in [0.25, 0.3) is 5.91 Å². The van der Waals surface area contributed by atoms with E-state index in [9.17, 15) is 14.7 Å². The first-order valence-corrected chi connectivity index (χ1v) is 11.8. The minimum absolute atomic E-state index is 0.0673. The zero-order valence-corrected chi connectivity index (χ0v) is 20.4. The zero-order chi connectivity index (χ0) is 24.9. The number of unbranched alkanes of at least 4 members (excludes halogenated alkanes) is 1. The van der Waals surface area contributed by atoms with Crippen molar-refractivity contribution in [1.29, 1.82) is 0 Å². The summed E-state index contributed by atoms with van der Waals surface area (Å²) in [6, 6.07) is 21.1. The predicted octanol–water partition coefficient (Wildman–Crippen LogP) is 5.59. The van der Waals surface area contributed by atoms with Crippen molar-refractivity contribution in [3.8, 4) is 11.1 Å². The fourth-order valence-electron chi connectivity index (χ4n) is 4.47. The predicted molar refractivity (Wildman–Crippen MR) is 141 cm³/mol. The summed E-state index contributed by atoms with van der Waals surface area (Å²) < 4.78 is 2.12. The molecule has 0 atom stereocenters. The molecule has 0 saturated heterocycles. The highest BCUT2D eigenvalue weighted by Gasteiger charge is 2.13. The Morgan fingerprint density at radius 3 is 2.37 bits per heavy atom. The second kappa shape index (κ2) is 10.5. The molecular weight excluding hydrogens is 438 g/mol. The molecule has 1 aromatic heterocycles. The molecule has 0 radical (unpaired) electrons. The smallest absolute Gasteiger partial charge is 0.335 e. The summed E-state index contributed by atoms with van der Waals surface area (Å²) in [5.41, 5.74) is 6.20. The second-order valence-corrected chi connectivity index (χ2v) is 9.00. The summed E-state index contributed by atoms with van der Waals surface area (Å²) in [7, 11) is 3.97. The fraction of sp³-hybridized carbons (Fsp3) is 0.241. The van der Waals surface area contributed by atoms with Crippen LogP contribution >= 0.6 is 0 Å². The lowest BCUT2D eigenvalue weighted by atomic mass is 10.0. The van der Waals surface area contributed by atoms with Gasteiger partial charge in [0, 0.05) is 61.1 Å². The van der Waals surface area contributed by atoms with Crippen molar-refractivity contribution in [3.63, 3.8) is 0 Å². The van der Waals surface area contributed by atoms with Crippen LogP contribution in [0.3, 0.4) is 0 Å². The van der Waals surface area contributed by atoms with Crippen molar-refractivity contribution in [1.82, 2.24) is 9.88 Å². The lowest BCUT2D eigenvalue weighted by molar-refractivity contribution is 0.0696. The molecule has 0 aliphatic rings. The van der Waals surface area contributed by atoms with Crippen LogP contribution < -0.4 is 10.2 Å². The van der Waals surface area contributed by atoms with Crippen LogP contribution in [-0.4, -0.2) is 42.2 Å². The highest BCUT2D eigenvalue weighted by Crippen LogP contribution is 2.31. The first-order chi connectivity index (χ1) is 16.8. The molecule has 6 heteroatoms. The number of aromatic nitrogens is 1. The standard InChI is InChI=1S/C29H31N3O3/c1-20-17-22(12-14-26(20)31(2)3)28(33)30-15-7-8-16-32-19-25(21-9-5-4-6-10-21)24-13-11-23(29(34)35)18-27(24)32/h4-6,9-14,17-19H,7-8,15-16H2,1-3H3,(H,30,33)(H,34,35). The molecule has 180 valence electrons. The van der Waals surface area contributed by atoms with Gasteiger partial charge in [0.2, 0.25) is 0 Å². The Bertz CT molecular complexity index is 1360. The number of benzene rings is 3. The number of carbonyl (C=O) groups is 2. The van der Waals surface area contributed by atoms with Gasteiger partial charge in [-0.3, -0.25) is 4.79 Å². The summed E-state index contributed by atoms with van der Waals surface area (Å²) >= 11 is 0. The Morgan fingerprint density at radius 1 is 0.943 bits per heavy atom. The number of aromatic carboxylic acids is 1. The molecule has 0 bridgehead atoms. The Hall–Kier alpha value is -4.06. The number of nitrogens with one attached hydrogen (secondary N) is 1. The topological polar surface area (TPSA) is 74.6 Å². The molecule has 1 heterocycles. The van der Waals surface area contributed by atoms with Crippen molar-refractivity contribution in [3.05, 3.63) is 89.6 Å². The SMILES string of the molecule is Cc1cc(C(=O)NCCCCn2cc(-c3ccccc3)c3ccc(C(=O)O)cc32)ccc1N(C)C. The summed E-state index contributed by atoms with van der Waals surface area (Å²) in [5.74, 6) is -1.00. The van der Waals surface area contributed by atoms with Crippen molar-refractivity contribution in [2.75, 3.05) is 25.5 Å². The van der Waals surface area contributed by atoms with Gasteiger partial charge >= 0.3 is 5.97 Å². The van der Waals surface area contributed by atoms with Crippen LogP contribution in [0.15, 0.2) is 72.9 Å². The van der Waals surface area contributed by atoms with E-state index in [1.165, 1.54) is 0 Å². The minimum Gasteiger partial charge on any atom is -0.478 e. The lowest BCUT2D eigenvalue weighted by Crippen LogP contribution is -2.25. The maximum atomic E-state index is 12.6. The van der Waals surface area contributed by atoms with Crippen LogP contribution in [0, 0.1) is 6.92 Å². The number of aryl methyl sites for hydroxylation is 2. The molecule has 3 aromatic carbocycles. The monoisotopic (exact) mass is 469 g/mol. The van der Waals surface area contributed by atoms with Gasteiger partial charge in [-0.15, -0.1) is 0 Å². The molecule has 35 heavy (non-hydrogen) atoms. The third kappa shape index (κ3) is 5.38. The second-order valence-electron chi connectivity index (χ2n) is 9.00. The Kier molecular flexibility index (Phi) is 7.20. The number of anilines is 1. The van der Waals surface area contributed by atoms with E-state index in [2.05, 4.69) is 28.2 Å². The Labute approximate surface area is 205 Å². The third-order valence-electron chi connectivity index (χ3n) is 6.27. The van der Waals surface area contributed by atoms with E-state index in [1.807, 2.05) is 68.4 Å². The normalized spacial score (nSPS) is 10.9. The number of nitrogens with zero attached hydrogens (tertiary/aromatic N) is 2. The number of hydrogen-bond donors (Lipinski definition) is 2. The highest BCUT2D eigenvalue weighted by molar-refractivity contribution is 6.00. The Balaban J connectivity index is 1.42. The largest absolute Gasteiger partial charge is 0.478 e. The highest BCUT2D eigenvalue weighted by atomic mass is 16.4. The summed E-state index contributed by atoms with van der Waals surface area (Å²) in [6.07, 6.45) is 3.77. The van der Waals surface area contributed by atoms with E-state index in [4.69, 9.17) is 0 Å². The molecule has 2 N–H and O–H groups in total. The minimum atomic E-state index is -0.933. The van der Waals surface area contributed by atoms with Gasteiger partial charge in [0.15, 0.2) is 0 Å². The van der Waals surface area contributed by atoms with E-state index in [-0.39, 0.29) is 11.5 Å². The summed E-state index contributed by atoms with van der Waals surface area (Å²) in [6.45, 7) is 3.32. The molecule has 4 aromatic rings. The first kappa shape index (κ1) is 24.1. The maximum absolute atomic E-state index is 12.6. The summed E-state index contributed by atoms with van der Waals surface area (Å²) in [5, 5.41) is 13.5. The van der Waals surface area contributed by atoms with E-state index >= 15 is 0 Å². The van der Waals surface area contributed by atoms with E-state index < -0.39 is 5.97 Å². The van der Waals surface area contributed by atoms with Crippen LogP contribution in [0.25, 0.3) is 22.0 Å². The molecule has 0 aliphatic carbocycles. The number of carboxylic acids is 1. The number of hydrogen-bond acceptors (Lipinski definition) is 3. The molecule has 1 amide bonds. The zero-order valence-electron chi connectivity index (χ0n) is 20.4. The molecule has 0 fully saturated rings.